The Morgan fingerprint density at radius 1 is 1.56 bits per heavy atom. The van der Waals surface area contributed by atoms with Crippen LogP contribution < -0.4 is 5.32 Å². The summed E-state index contributed by atoms with van der Waals surface area (Å²) in [5.74, 6) is 0.207. The highest BCUT2D eigenvalue weighted by Gasteiger charge is 2.12. The molecule has 90 valence electrons. The topological polar surface area (TPSA) is 102 Å². The zero-order chi connectivity index (χ0) is 11.8. The lowest BCUT2D eigenvalue weighted by molar-refractivity contribution is -0.126. The molecule has 1 atom stereocenters. The van der Waals surface area contributed by atoms with Crippen LogP contribution in [-0.2, 0) is 14.3 Å². The predicted octanol–water partition coefficient (Wildman–Crippen LogP) is -0.960. The number of carbonyl (C=O) groups excluding carboxylic acids is 1. The van der Waals surface area contributed by atoms with E-state index in [1.807, 2.05) is 0 Å². The van der Waals surface area contributed by atoms with E-state index < -0.39 is 0 Å². The van der Waals surface area contributed by atoms with Crippen LogP contribution in [0.4, 0.5) is 0 Å². The van der Waals surface area contributed by atoms with Gasteiger partial charge in [-0.25, -0.2) is 0 Å². The molecule has 1 aromatic heterocycles. The van der Waals surface area contributed by atoms with E-state index in [1.165, 1.54) is 0 Å². The van der Waals surface area contributed by atoms with E-state index in [0.29, 0.717) is 19.0 Å². The summed E-state index contributed by atoms with van der Waals surface area (Å²) in [4.78, 5) is 11.3. The van der Waals surface area contributed by atoms with Gasteiger partial charge in [0.05, 0.1) is 19.3 Å². The van der Waals surface area contributed by atoms with Crippen molar-refractivity contribution in [2.45, 2.75) is 13.0 Å². The van der Waals surface area contributed by atoms with Crippen LogP contribution in [0.2, 0.25) is 0 Å². The third-order valence-electron chi connectivity index (χ3n) is 1.79. The molecule has 8 heteroatoms. The highest BCUT2D eigenvalue weighted by atomic mass is 16.5. The molecule has 0 saturated carbocycles. The Bertz CT molecular complexity index is 303. The zero-order valence-electron chi connectivity index (χ0n) is 9.27. The van der Waals surface area contributed by atoms with E-state index in [0.717, 1.165) is 0 Å². The van der Waals surface area contributed by atoms with Crippen molar-refractivity contribution >= 4 is 5.91 Å². The Balaban J connectivity index is 2.19. The first-order chi connectivity index (χ1) is 7.74. The second kappa shape index (κ2) is 6.85. The van der Waals surface area contributed by atoms with Crippen LogP contribution in [0, 0.1) is 0 Å². The number of rotatable bonds is 7. The summed E-state index contributed by atoms with van der Waals surface area (Å²) in [7, 11) is 1.57. The lowest BCUT2D eigenvalue weighted by atomic mass is 10.3. The molecule has 0 radical (unpaired) electrons. The maximum atomic E-state index is 11.3. The van der Waals surface area contributed by atoms with Gasteiger partial charge in [0.25, 0.3) is 0 Å². The van der Waals surface area contributed by atoms with E-state index in [1.54, 1.807) is 14.0 Å². The molecule has 2 N–H and O–H groups in total. The van der Waals surface area contributed by atoms with Crippen molar-refractivity contribution in [3.8, 4) is 0 Å². The Morgan fingerprint density at radius 2 is 2.38 bits per heavy atom. The summed E-state index contributed by atoms with van der Waals surface area (Å²) in [6.45, 7) is 2.61. The average Bonchev–Trinajstić information content (AvgIpc) is 2.77. The third-order valence-corrected chi connectivity index (χ3v) is 1.79. The summed E-state index contributed by atoms with van der Waals surface area (Å²) >= 11 is 0. The molecule has 1 amide bonds. The van der Waals surface area contributed by atoms with E-state index in [9.17, 15) is 4.79 Å². The van der Waals surface area contributed by atoms with Gasteiger partial charge in [-0.15, -0.1) is 10.2 Å². The maximum Gasteiger partial charge on any atom is 0.246 e. The number of methoxy groups -OCH3 is 1. The molecule has 8 nitrogen and oxygen atoms in total. The molecule has 1 rings (SSSR count). The van der Waals surface area contributed by atoms with Crippen LogP contribution in [0.3, 0.4) is 0 Å². The number of carbonyl (C=O) groups is 1. The average molecular weight is 229 g/mol. The minimum Gasteiger partial charge on any atom is -0.382 e. The fraction of sp³-hybridized carbons (Fsp3) is 0.750. The number of nitrogens with zero attached hydrogens (tertiary/aromatic N) is 3. The predicted molar refractivity (Wildman–Crippen MR) is 53.4 cm³/mol. The lowest BCUT2D eigenvalue weighted by Crippen LogP contribution is -2.31. The molecule has 0 aliphatic rings. The Hall–Kier alpha value is -1.54. The second-order valence-corrected chi connectivity index (χ2v) is 3.10. The van der Waals surface area contributed by atoms with Crippen molar-refractivity contribution in [3.63, 3.8) is 0 Å². The molecule has 0 spiro atoms. The minimum absolute atomic E-state index is 0.00838. The largest absolute Gasteiger partial charge is 0.382 e. The number of ether oxygens (including phenoxy) is 2. The molecule has 0 bridgehead atoms. The Kier molecular flexibility index (Phi) is 5.37. The summed E-state index contributed by atoms with van der Waals surface area (Å²) in [6, 6.07) is -0.294. The lowest BCUT2D eigenvalue weighted by Gasteiger charge is -2.09. The molecular formula is C8H15N5O3. The van der Waals surface area contributed by atoms with Gasteiger partial charge in [-0.2, -0.15) is 5.21 Å². The first-order valence-corrected chi connectivity index (χ1v) is 4.83. The van der Waals surface area contributed by atoms with Crippen molar-refractivity contribution in [2.24, 2.45) is 0 Å². The molecule has 1 heterocycles. The third kappa shape index (κ3) is 4.32. The van der Waals surface area contributed by atoms with Crippen LogP contribution in [0.15, 0.2) is 0 Å². The molecule has 1 unspecified atom stereocenters. The number of hydrogen-bond donors (Lipinski definition) is 2. The first kappa shape index (κ1) is 12.5. The number of aromatic nitrogens is 4. The van der Waals surface area contributed by atoms with Crippen LogP contribution >= 0.6 is 0 Å². The quantitative estimate of drug-likeness (QED) is 0.584. The molecule has 0 aliphatic carbocycles. The molecular weight excluding hydrogens is 214 g/mol. The molecule has 0 aliphatic heterocycles. The summed E-state index contributed by atoms with van der Waals surface area (Å²) in [6.07, 6.45) is 0. The summed E-state index contributed by atoms with van der Waals surface area (Å²) in [5.41, 5.74) is 0. The second-order valence-electron chi connectivity index (χ2n) is 3.10. The van der Waals surface area contributed by atoms with Gasteiger partial charge in [0.15, 0.2) is 5.82 Å². The highest BCUT2D eigenvalue weighted by Crippen LogP contribution is 2.02. The Morgan fingerprint density at radius 3 is 3.00 bits per heavy atom. The van der Waals surface area contributed by atoms with Crippen molar-refractivity contribution in [2.75, 3.05) is 26.9 Å². The number of aromatic amines is 1. The fourth-order valence-corrected chi connectivity index (χ4v) is 1.01. The number of amides is 1. The summed E-state index contributed by atoms with van der Waals surface area (Å²) in [5, 5.41) is 15.9. The minimum atomic E-state index is -0.294. The monoisotopic (exact) mass is 229 g/mol. The molecule has 1 aromatic rings. The van der Waals surface area contributed by atoms with Crippen molar-refractivity contribution in [3.05, 3.63) is 5.82 Å². The summed E-state index contributed by atoms with van der Waals surface area (Å²) < 4.78 is 9.83. The van der Waals surface area contributed by atoms with Crippen LogP contribution in [0.5, 0.6) is 0 Å². The molecule has 0 aromatic carbocycles. The molecule has 16 heavy (non-hydrogen) atoms. The molecule has 0 saturated heterocycles. The standard InChI is InChI=1S/C8H15N5O3/c1-6(8-10-12-13-11-8)9-7(14)5-16-4-3-15-2/h6H,3-5H2,1-2H3,(H,9,14)(H,10,11,12,13). The van der Waals surface area contributed by atoms with Gasteiger partial charge in [0, 0.05) is 7.11 Å². The molecule has 0 fully saturated rings. The Labute approximate surface area is 92.7 Å². The number of H-pyrrole nitrogens is 1. The van der Waals surface area contributed by atoms with Gasteiger partial charge < -0.3 is 14.8 Å². The first-order valence-electron chi connectivity index (χ1n) is 4.83. The smallest absolute Gasteiger partial charge is 0.246 e. The van der Waals surface area contributed by atoms with Crippen molar-refractivity contribution in [1.29, 1.82) is 0 Å². The number of hydrogen-bond acceptors (Lipinski definition) is 6. The number of tetrazole rings is 1. The van der Waals surface area contributed by atoms with Crippen LogP contribution in [-0.4, -0.2) is 53.5 Å². The van der Waals surface area contributed by atoms with Crippen molar-refractivity contribution < 1.29 is 14.3 Å². The zero-order valence-corrected chi connectivity index (χ0v) is 9.27. The van der Waals surface area contributed by atoms with Crippen LogP contribution in [0.1, 0.15) is 18.8 Å². The van der Waals surface area contributed by atoms with E-state index in [2.05, 4.69) is 25.9 Å². The van der Waals surface area contributed by atoms with E-state index in [4.69, 9.17) is 9.47 Å². The van der Waals surface area contributed by atoms with Gasteiger partial charge in [0.2, 0.25) is 5.91 Å². The van der Waals surface area contributed by atoms with Gasteiger partial charge in [-0.05, 0) is 6.92 Å². The highest BCUT2D eigenvalue weighted by molar-refractivity contribution is 5.77. The van der Waals surface area contributed by atoms with E-state index in [-0.39, 0.29) is 18.6 Å². The van der Waals surface area contributed by atoms with E-state index >= 15 is 0 Å². The van der Waals surface area contributed by atoms with Gasteiger partial charge in [0.1, 0.15) is 6.61 Å². The van der Waals surface area contributed by atoms with Gasteiger partial charge >= 0.3 is 0 Å². The maximum absolute atomic E-state index is 11.3. The SMILES string of the molecule is COCCOCC(=O)NC(C)c1nn[nH]n1. The van der Waals surface area contributed by atoms with Crippen molar-refractivity contribution in [1.82, 2.24) is 25.9 Å². The fourth-order valence-electron chi connectivity index (χ4n) is 1.01. The normalized spacial score (nSPS) is 12.4. The number of nitrogens with one attached hydrogen (secondary N) is 2. The van der Waals surface area contributed by atoms with Crippen LogP contribution in [0.25, 0.3) is 0 Å². The van der Waals surface area contributed by atoms with Gasteiger partial charge in [-0.3, -0.25) is 4.79 Å². The van der Waals surface area contributed by atoms with Gasteiger partial charge in [-0.1, -0.05) is 5.21 Å².